The average molecular weight is 248 g/mol. The van der Waals surface area contributed by atoms with Crippen LogP contribution in [0.2, 0.25) is 0 Å². The van der Waals surface area contributed by atoms with Crippen molar-refractivity contribution < 1.29 is 19.1 Å². The van der Waals surface area contributed by atoms with E-state index in [0.717, 1.165) is 0 Å². The smallest absolute Gasteiger partial charge is 0.219 e. The van der Waals surface area contributed by atoms with Gasteiger partial charge >= 0.3 is 0 Å². The fourth-order valence-electron chi connectivity index (χ4n) is 0.794. The number of carbonyl (C=O) groups is 2. The lowest BCUT2D eigenvalue weighted by molar-refractivity contribution is -0.119. The third-order valence-corrected chi connectivity index (χ3v) is 1.49. The van der Waals surface area contributed by atoms with Gasteiger partial charge in [0.1, 0.15) is 0 Å². The predicted molar refractivity (Wildman–Crippen MR) is 65.5 cm³/mol. The standard InChI is InChI=1S/C9H18N2O4.C2H6/c1-8(12)11-3-5-15-7-6-14-4-2-9(10)13;1-2/h2-7H2,1H3,(H2,10,13)(H,11,12);1-2H3. The maximum atomic E-state index is 10.4. The molecule has 0 rings (SSSR count). The van der Waals surface area contributed by atoms with E-state index >= 15 is 0 Å². The van der Waals surface area contributed by atoms with Crippen LogP contribution < -0.4 is 11.1 Å². The summed E-state index contributed by atoms with van der Waals surface area (Å²) in [4.78, 5) is 20.8. The molecule has 0 saturated carbocycles. The molecule has 0 saturated heterocycles. The molecule has 0 fully saturated rings. The zero-order valence-corrected chi connectivity index (χ0v) is 11.0. The minimum atomic E-state index is -0.374. The van der Waals surface area contributed by atoms with Gasteiger partial charge in [0.25, 0.3) is 0 Å². The second kappa shape index (κ2) is 14.9. The van der Waals surface area contributed by atoms with E-state index in [2.05, 4.69) is 5.32 Å². The summed E-state index contributed by atoms with van der Waals surface area (Å²) in [7, 11) is 0. The van der Waals surface area contributed by atoms with E-state index in [1.807, 2.05) is 13.8 Å². The Kier molecular flexibility index (Phi) is 15.9. The topological polar surface area (TPSA) is 90.7 Å². The number of rotatable bonds is 9. The summed E-state index contributed by atoms with van der Waals surface area (Å²) in [5.74, 6) is -0.446. The molecule has 0 bridgehead atoms. The third kappa shape index (κ3) is 20.8. The Bertz CT molecular complexity index is 178. The lowest BCUT2D eigenvalue weighted by Crippen LogP contribution is -2.25. The molecule has 3 N–H and O–H groups in total. The second-order valence-electron chi connectivity index (χ2n) is 2.92. The minimum absolute atomic E-state index is 0.0729. The third-order valence-electron chi connectivity index (χ3n) is 1.49. The van der Waals surface area contributed by atoms with Crippen LogP contribution in [0.1, 0.15) is 27.2 Å². The maximum absolute atomic E-state index is 10.4. The van der Waals surface area contributed by atoms with Gasteiger partial charge in [0.05, 0.1) is 26.4 Å². The highest BCUT2D eigenvalue weighted by atomic mass is 16.5. The van der Waals surface area contributed by atoms with E-state index in [9.17, 15) is 9.59 Å². The van der Waals surface area contributed by atoms with Gasteiger partial charge in [-0.15, -0.1) is 0 Å². The number of amides is 2. The fourth-order valence-corrected chi connectivity index (χ4v) is 0.794. The largest absolute Gasteiger partial charge is 0.379 e. The van der Waals surface area contributed by atoms with Crippen LogP contribution in [0.5, 0.6) is 0 Å². The van der Waals surface area contributed by atoms with Crippen molar-refractivity contribution in [3.8, 4) is 0 Å². The molecule has 0 radical (unpaired) electrons. The average Bonchev–Trinajstić information content (AvgIpc) is 2.29. The van der Waals surface area contributed by atoms with Crippen molar-refractivity contribution in [3.63, 3.8) is 0 Å². The summed E-state index contributed by atoms with van der Waals surface area (Å²) in [6, 6.07) is 0. The first-order valence-electron chi connectivity index (χ1n) is 5.81. The molecular formula is C11H24N2O4. The Hall–Kier alpha value is -1.14. The quantitative estimate of drug-likeness (QED) is 0.564. The van der Waals surface area contributed by atoms with Crippen LogP contribution >= 0.6 is 0 Å². The SMILES string of the molecule is CC.CC(=O)NCCOCCOCCC(N)=O. The summed E-state index contributed by atoms with van der Waals surface area (Å²) in [6.07, 6.45) is 0.228. The molecule has 6 heteroatoms. The predicted octanol–water partition coefficient (Wildman–Crippen LogP) is 0.0573. The lowest BCUT2D eigenvalue weighted by Gasteiger charge is -2.05. The van der Waals surface area contributed by atoms with Gasteiger partial charge in [-0.1, -0.05) is 13.8 Å². The summed E-state index contributed by atoms with van der Waals surface area (Å²) < 4.78 is 10.2. The normalized spacial score (nSPS) is 9.12. The van der Waals surface area contributed by atoms with Crippen LogP contribution in [0.4, 0.5) is 0 Å². The summed E-state index contributed by atoms with van der Waals surface area (Å²) in [6.45, 7) is 7.60. The van der Waals surface area contributed by atoms with Gasteiger partial charge < -0.3 is 20.5 Å². The number of nitrogens with two attached hydrogens (primary N) is 1. The molecule has 6 nitrogen and oxygen atoms in total. The highest BCUT2D eigenvalue weighted by Crippen LogP contribution is 1.82. The first-order chi connectivity index (χ1) is 8.13. The Morgan fingerprint density at radius 3 is 2.06 bits per heavy atom. The Morgan fingerprint density at radius 1 is 1.06 bits per heavy atom. The van der Waals surface area contributed by atoms with Gasteiger partial charge in [0.15, 0.2) is 0 Å². The van der Waals surface area contributed by atoms with Gasteiger partial charge in [-0.25, -0.2) is 0 Å². The van der Waals surface area contributed by atoms with E-state index in [4.69, 9.17) is 15.2 Å². The van der Waals surface area contributed by atoms with Crippen LogP contribution in [-0.4, -0.2) is 44.8 Å². The molecule has 102 valence electrons. The van der Waals surface area contributed by atoms with E-state index in [1.54, 1.807) is 0 Å². The van der Waals surface area contributed by atoms with Crippen molar-refractivity contribution >= 4 is 11.8 Å². The second-order valence-corrected chi connectivity index (χ2v) is 2.92. The highest BCUT2D eigenvalue weighted by molar-refractivity contribution is 5.73. The number of primary amides is 1. The van der Waals surface area contributed by atoms with E-state index < -0.39 is 0 Å². The van der Waals surface area contributed by atoms with Crippen molar-refractivity contribution in [1.29, 1.82) is 0 Å². The highest BCUT2D eigenvalue weighted by Gasteiger charge is 1.94. The van der Waals surface area contributed by atoms with E-state index in [0.29, 0.717) is 33.0 Å². The Morgan fingerprint density at radius 2 is 1.59 bits per heavy atom. The summed E-state index contributed by atoms with van der Waals surface area (Å²) in [5, 5.41) is 2.60. The number of ether oxygens (including phenoxy) is 2. The first kappa shape index (κ1) is 18.2. The van der Waals surface area contributed by atoms with Gasteiger partial charge in [-0.2, -0.15) is 0 Å². The number of nitrogens with one attached hydrogen (secondary N) is 1. The molecule has 0 aliphatic rings. The molecule has 0 aromatic carbocycles. The summed E-state index contributed by atoms with van der Waals surface area (Å²) >= 11 is 0. The molecule has 0 heterocycles. The number of hydrogen-bond acceptors (Lipinski definition) is 4. The number of carbonyl (C=O) groups excluding carboxylic acids is 2. The molecular weight excluding hydrogens is 224 g/mol. The van der Waals surface area contributed by atoms with E-state index in [-0.39, 0.29) is 18.2 Å². The maximum Gasteiger partial charge on any atom is 0.219 e. The molecule has 0 aromatic heterocycles. The molecule has 2 amide bonds. The fraction of sp³-hybridized carbons (Fsp3) is 0.818. The van der Waals surface area contributed by atoms with Gasteiger partial charge in [0, 0.05) is 19.9 Å². The molecule has 17 heavy (non-hydrogen) atoms. The Balaban J connectivity index is 0. The van der Waals surface area contributed by atoms with Gasteiger partial charge in [0.2, 0.25) is 11.8 Å². The molecule has 0 unspecified atom stereocenters. The summed E-state index contributed by atoms with van der Waals surface area (Å²) in [5.41, 5.74) is 4.91. The minimum Gasteiger partial charge on any atom is -0.379 e. The van der Waals surface area contributed by atoms with Crippen LogP contribution in [-0.2, 0) is 19.1 Å². The molecule has 0 aliphatic carbocycles. The van der Waals surface area contributed by atoms with Crippen molar-refractivity contribution in [1.82, 2.24) is 5.32 Å². The number of hydrogen-bond donors (Lipinski definition) is 2. The van der Waals surface area contributed by atoms with Gasteiger partial charge in [-0.3, -0.25) is 9.59 Å². The van der Waals surface area contributed by atoms with E-state index in [1.165, 1.54) is 6.92 Å². The zero-order valence-electron chi connectivity index (χ0n) is 11.0. The molecule has 0 aliphatic heterocycles. The monoisotopic (exact) mass is 248 g/mol. The van der Waals surface area contributed by atoms with Crippen LogP contribution in [0.25, 0.3) is 0 Å². The van der Waals surface area contributed by atoms with Crippen LogP contribution in [0, 0.1) is 0 Å². The van der Waals surface area contributed by atoms with Gasteiger partial charge in [-0.05, 0) is 0 Å². The molecule has 0 atom stereocenters. The van der Waals surface area contributed by atoms with Crippen LogP contribution in [0.3, 0.4) is 0 Å². The Labute approximate surface area is 103 Å². The van der Waals surface area contributed by atoms with Crippen LogP contribution in [0.15, 0.2) is 0 Å². The molecule has 0 aromatic rings. The van der Waals surface area contributed by atoms with Crippen molar-refractivity contribution in [2.45, 2.75) is 27.2 Å². The first-order valence-corrected chi connectivity index (χ1v) is 5.81. The zero-order chi connectivity index (χ0) is 13.5. The lowest BCUT2D eigenvalue weighted by atomic mass is 10.4. The van der Waals surface area contributed by atoms with Crippen molar-refractivity contribution in [3.05, 3.63) is 0 Å². The van der Waals surface area contributed by atoms with Crippen molar-refractivity contribution in [2.24, 2.45) is 5.73 Å². The molecule has 0 spiro atoms. The van der Waals surface area contributed by atoms with Crippen molar-refractivity contribution in [2.75, 3.05) is 33.0 Å².